The number of hydrogen-bond acceptors (Lipinski definition) is 5. The van der Waals surface area contributed by atoms with E-state index < -0.39 is 0 Å². The first kappa shape index (κ1) is 13.5. The van der Waals surface area contributed by atoms with Crippen molar-refractivity contribution in [2.45, 2.75) is 0 Å². The van der Waals surface area contributed by atoms with Gasteiger partial charge in [-0.2, -0.15) is 0 Å². The monoisotopic (exact) mass is 303 g/mol. The molecule has 1 aromatic carbocycles. The lowest BCUT2D eigenvalue weighted by Gasteiger charge is -2.13. The summed E-state index contributed by atoms with van der Waals surface area (Å²) < 4.78 is 5.34. The summed E-state index contributed by atoms with van der Waals surface area (Å²) in [6, 6.07) is 9.85. The van der Waals surface area contributed by atoms with Gasteiger partial charge in [0.2, 0.25) is 5.88 Å². The Morgan fingerprint density at radius 3 is 2.24 bits per heavy atom. The van der Waals surface area contributed by atoms with Gasteiger partial charge in [-0.3, -0.25) is 14.5 Å². The predicted octanol–water partition coefficient (Wildman–Crippen LogP) is 1.80. The van der Waals surface area contributed by atoms with Crippen molar-refractivity contribution in [3.8, 4) is 5.88 Å². The minimum absolute atomic E-state index is 0.141. The molecule has 0 radical (unpaired) electrons. The maximum Gasteiger partial charge on any atom is 0.261 e. The van der Waals surface area contributed by atoms with Crippen LogP contribution in [-0.2, 0) is 0 Å². The first-order valence-corrected chi connectivity index (χ1v) is 6.62. The predicted molar refractivity (Wildman–Crippen MR) is 74.3 cm³/mol. The molecule has 0 spiro atoms. The summed E-state index contributed by atoms with van der Waals surface area (Å²) in [7, 11) is 0. The number of imide groups is 1. The van der Waals surface area contributed by atoms with Gasteiger partial charge in [-0.1, -0.05) is 23.7 Å². The largest absolute Gasteiger partial charge is 0.475 e. The molecule has 0 saturated heterocycles. The summed E-state index contributed by atoms with van der Waals surface area (Å²) in [4.78, 5) is 25.4. The highest BCUT2D eigenvalue weighted by Crippen LogP contribution is 2.22. The molecule has 2 amide bonds. The van der Waals surface area contributed by atoms with Crippen LogP contribution >= 0.6 is 11.6 Å². The fourth-order valence-corrected chi connectivity index (χ4v) is 2.17. The lowest BCUT2D eigenvalue weighted by molar-refractivity contribution is 0.0630. The van der Waals surface area contributed by atoms with Gasteiger partial charge in [-0.25, -0.2) is 0 Å². The highest BCUT2D eigenvalue weighted by Gasteiger charge is 2.34. The fraction of sp³-hybridized carbons (Fsp3) is 0.143. The lowest BCUT2D eigenvalue weighted by Crippen LogP contribution is -2.33. The third kappa shape index (κ3) is 2.57. The number of carbonyl (C=O) groups excluding carboxylic acids is 2. The van der Waals surface area contributed by atoms with Crippen LogP contribution in [0.1, 0.15) is 20.7 Å². The standard InChI is InChI=1S/C14H10ClN3O3/c15-11-5-6-12(17-16-11)21-8-7-18-13(19)9-3-1-2-4-10(9)14(18)20/h1-6H,7-8H2. The molecular formula is C14H10ClN3O3. The third-order valence-corrected chi connectivity index (χ3v) is 3.25. The fourth-order valence-electron chi connectivity index (χ4n) is 2.06. The van der Waals surface area contributed by atoms with Gasteiger partial charge in [0.1, 0.15) is 6.61 Å². The topological polar surface area (TPSA) is 72.4 Å². The molecule has 0 fully saturated rings. The summed E-state index contributed by atoms with van der Waals surface area (Å²) in [5.74, 6) is -0.321. The number of aromatic nitrogens is 2. The zero-order valence-electron chi connectivity index (χ0n) is 10.8. The molecule has 1 aliphatic heterocycles. The molecule has 0 N–H and O–H groups in total. The van der Waals surface area contributed by atoms with Gasteiger partial charge < -0.3 is 4.74 Å². The van der Waals surface area contributed by atoms with Gasteiger partial charge in [0.05, 0.1) is 17.7 Å². The van der Waals surface area contributed by atoms with Crippen LogP contribution in [0.5, 0.6) is 5.88 Å². The number of halogens is 1. The van der Waals surface area contributed by atoms with Crippen LogP contribution < -0.4 is 4.74 Å². The Morgan fingerprint density at radius 2 is 1.67 bits per heavy atom. The molecule has 1 aromatic heterocycles. The van der Waals surface area contributed by atoms with Crippen molar-refractivity contribution < 1.29 is 14.3 Å². The second kappa shape index (κ2) is 5.49. The molecule has 2 heterocycles. The highest BCUT2D eigenvalue weighted by atomic mass is 35.5. The molecule has 2 aromatic rings. The van der Waals surface area contributed by atoms with Crippen molar-refractivity contribution in [3.05, 3.63) is 52.7 Å². The number of fused-ring (bicyclic) bond motifs is 1. The van der Waals surface area contributed by atoms with Crippen molar-refractivity contribution in [3.63, 3.8) is 0 Å². The van der Waals surface area contributed by atoms with Gasteiger partial charge in [0.15, 0.2) is 5.15 Å². The van der Waals surface area contributed by atoms with Crippen LogP contribution in [0, 0.1) is 0 Å². The smallest absolute Gasteiger partial charge is 0.261 e. The molecule has 0 aliphatic carbocycles. The molecule has 0 atom stereocenters. The van der Waals surface area contributed by atoms with E-state index in [4.69, 9.17) is 16.3 Å². The van der Waals surface area contributed by atoms with Crippen molar-refractivity contribution in [2.24, 2.45) is 0 Å². The number of rotatable bonds is 4. The van der Waals surface area contributed by atoms with Gasteiger partial charge in [0, 0.05) is 6.07 Å². The van der Waals surface area contributed by atoms with Crippen LogP contribution in [-0.4, -0.2) is 40.1 Å². The van der Waals surface area contributed by atoms with E-state index in [1.54, 1.807) is 36.4 Å². The third-order valence-electron chi connectivity index (χ3n) is 3.05. The van der Waals surface area contributed by atoms with E-state index in [9.17, 15) is 9.59 Å². The zero-order valence-corrected chi connectivity index (χ0v) is 11.6. The molecule has 21 heavy (non-hydrogen) atoms. The SMILES string of the molecule is O=C1c2ccccc2C(=O)N1CCOc1ccc(Cl)nn1. The Labute approximate surface area is 125 Å². The Balaban J connectivity index is 1.63. The second-order valence-electron chi connectivity index (χ2n) is 4.35. The maximum atomic E-state index is 12.1. The van der Waals surface area contributed by atoms with E-state index in [-0.39, 0.29) is 36.0 Å². The van der Waals surface area contributed by atoms with Crippen molar-refractivity contribution in [2.75, 3.05) is 13.2 Å². The van der Waals surface area contributed by atoms with Gasteiger partial charge in [-0.05, 0) is 18.2 Å². The zero-order chi connectivity index (χ0) is 14.8. The number of carbonyl (C=O) groups is 2. The van der Waals surface area contributed by atoms with Crippen LogP contribution in [0.15, 0.2) is 36.4 Å². The van der Waals surface area contributed by atoms with Gasteiger partial charge in [-0.15, -0.1) is 10.2 Å². The number of ether oxygens (including phenoxy) is 1. The minimum atomic E-state index is -0.304. The summed E-state index contributed by atoms with van der Waals surface area (Å²) in [5, 5.41) is 7.63. The molecule has 7 heteroatoms. The van der Waals surface area contributed by atoms with Crippen molar-refractivity contribution >= 4 is 23.4 Å². The molecule has 1 aliphatic rings. The summed E-state index contributed by atoms with van der Waals surface area (Å²) in [6.45, 7) is 0.290. The Kier molecular flexibility index (Phi) is 3.53. The average molecular weight is 304 g/mol. The maximum absolute atomic E-state index is 12.1. The van der Waals surface area contributed by atoms with E-state index in [1.807, 2.05) is 0 Å². The van der Waals surface area contributed by atoms with Crippen molar-refractivity contribution in [1.29, 1.82) is 0 Å². The van der Waals surface area contributed by atoms with Crippen LogP contribution in [0.3, 0.4) is 0 Å². The molecule has 0 unspecified atom stereocenters. The lowest BCUT2D eigenvalue weighted by atomic mass is 10.1. The van der Waals surface area contributed by atoms with Gasteiger partial charge in [0.25, 0.3) is 11.8 Å². The number of benzene rings is 1. The first-order chi connectivity index (χ1) is 10.2. The highest BCUT2D eigenvalue weighted by molar-refractivity contribution is 6.29. The summed E-state index contributed by atoms with van der Waals surface area (Å²) >= 11 is 5.61. The van der Waals surface area contributed by atoms with E-state index in [2.05, 4.69) is 10.2 Å². The molecular weight excluding hydrogens is 294 g/mol. The van der Waals surface area contributed by atoms with Crippen molar-refractivity contribution in [1.82, 2.24) is 15.1 Å². The Hall–Kier alpha value is -2.47. The number of hydrogen-bond donors (Lipinski definition) is 0. The Bertz CT molecular complexity index is 668. The Morgan fingerprint density at radius 1 is 1.00 bits per heavy atom. The first-order valence-electron chi connectivity index (χ1n) is 6.24. The van der Waals surface area contributed by atoms with Crippen LogP contribution in [0.2, 0.25) is 5.15 Å². The molecule has 3 rings (SSSR count). The molecule has 0 saturated carbocycles. The number of amides is 2. The second-order valence-corrected chi connectivity index (χ2v) is 4.74. The minimum Gasteiger partial charge on any atom is -0.475 e. The van der Waals surface area contributed by atoms with E-state index in [0.29, 0.717) is 11.1 Å². The average Bonchev–Trinajstić information content (AvgIpc) is 2.75. The number of nitrogens with zero attached hydrogens (tertiary/aromatic N) is 3. The molecule has 6 nitrogen and oxygen atoms in total. The molecule has 0 bridgehead atoms. The summed E-state index contributed by atoms with van der Waals surface area (Å²) in [5.41, 5.74) is 0.850. The van der Waals surface area contributed by atoms with E-state index in [1.165, 1.54) is 0 Å². The molecule has 106 valence electrons. The van der Waals surface area contributed by atoms with Gasteiger partial charge >= 0.3 is 0 Å². The van der Waals surface area contributed by atoms with Crippen LogP contribution in [0.4, 0.5) is 0 Å². The van der Waals surface area contributed by atoms with E-state index >= 15 is 0 Å². The van der Waals surface area contributed by atoms with E-state index in [0.717, 1.165) is 4.90 Å². The van der Waals surface area contributed by atoms with Crippen LogP contribution in [0.25, 0.3) is 0 Å². The normalized spacial score (nSPS) is 13.5. The summed E-state index contributed by atoms with van der Waals surface area (Å²) in [6.07, 6.45) is 0. The quantitative estimate of drug-likeness (QED) is 0.805.